The predicted octanol–water partition coefficient (Wildman–Crippen LogP) is 15.1. The van der Waals surface area contributed by atoms with Crippen molar-refractivity contribution in [2.24, 2.45) is 0 Å². The average Bonchev–Trinajstić information content (AvgIpc) is 3.96. The molecule has 10 aromatic rings. The van der Waals surface area contributed by atoms with Crippen LogP contribution >= 0.6 is 0 Å². The third-order valence-electron chi connectivity index (χ3n) is 15.9. The molecule has 0 saturated carbocycles. The fraction of sp³-hybridized carbons (Fsp3) is 0.0794. The highest BCUT2D eigenvalue weighted by atomic mass is 15.2. The number of hydrogen-bond acceptors (Lipinski definition) is 4. The normalized spacial score (nSPS) is 17.3. The number of fused-ring (bicyclic) bond motifs is 21. The summed E-state index contributed by atoms with van der Waals surface area (Å²) >= 11 is 0. The van der Waals surface area contributed by atoms with E-state index in [1.54, 1.807) is 0 Å². The van der Waals surface area contributed by atoms with E-state index in [1.165, 1.54) is 78.1 Å². The minimum atomic E-state index is -0.779. The van der Waals surface area contributed by atoms with Gasteiger partial charge in [0.2, 0.25) is 0 Å². The first-order chi connectivity index (χ1) is 33.0. The Kier molecular flexibility index (Phi) is 7.13. The van der Waals surface area contributed by atoms with E-state index in [1.807, 2.05) is 6.20 Å². The van der Waals surface area contributed by atoms with Gasteiger partial charge in [0.1, 0.15) is 0 Å². The number of nitrogens with zero attached hydrogens (tertiary/aromatic N) is 4. The van der Waals surface area contributed by atoms with Gasteiger partial charge in [0.05, 0.1) is 56.9 Å². The van der Waals surface area contributed by atoms with Gasteiger partial charge in [-0.25, -0.2) is 0 Å². The van der Waals surface area contributed by atoms with E-state index in [0.717, 1.165) is 45.3 Å². The van der Waals surface area contributed by atoms with E-state index < -0.39 is 10.8 Å². The van der Waals surface area contributed by atoms with Crippen molar-refractivity contribution in [3.63, 3.8) is 0 Å². The topological polar surface area (TPSA) is 32.3 Å². The van der Waals surface area contributed by atoms with Gasteiger partial charge in [-0.05, 0) is 127 Å². The fourth-order valence-electron chi connectivity index (χ4n) is 13.3. The van der Waals surface area contributed by atoms with Gasteiger partial charge < -0.3 is 9.80 Å². The summed E-state index contributed by atoms with van der Waals surface area (Å²) in [6, 6.07) is 77.1. The smallest absolute Gasteiger partial charge is 0.0939 e. The fourth-order valence-corrected chi connectivity index (χ4v) is 13.3. The molecule has 4 nitrogen and oxygen atoms in total. The zero-order valence-corrected chi connectivity index (χ0v) is 37.1. The second kappa shape index (κ2) is 12.9. The zero-order chi connectivity index (χ0) is 44.2. The highest BCUT2D eigenvalue weighted by molar-refractivity contribution is 6.01. The molecule has 3 aliphatic carbocycles. The number of aromatic nitrogens is 2. The minimum Gasteiger partial charge on any atom is -0.310 e. The monoisotopic (exact) mass is 854 g/mol. The van der Waals surface area contributed by atoms with Crippen molar-refractivity contribution in [2.75, 3.05) is 9.80 Å². The summed E-state index contributed by atoms with van der Waals surface area (Å²) in [4.78, 5) is 15.7. The summed E-state index contributed by atoms with van der Waals surface area (Å²) in [7, 11) is 0. The molecule has 5 aliphatic rings. The van der Waals surface area contributed by atoms with Crippen molar-refractivity contribution >= 4 is 34.1 Å². The Balaban J connectivity index is 1.08. The number of pyridine rings is 2. The summed E-state index contributed by atoms with van der Waals surface area (Å²) in [5, 5.41) is 0. The van der Waals surface area contributed by atoms with Crippen LogP contribution in [0.3, 0.4) is 0 Å². The molecule has 2 aliphatic heterocycles. The van der Waals surface area contributed by atoms with Crippen molar-refractivity contribution in [1.29, 1.82) is 0 Å². The van der Waals surface area contributed by atoms with Crippen LogP contribution in [0.4, 0.5) is 34.1 Å². The van der Waals surface area contributed by atoms with Crippen molar-refractivity contribution in [1.82, 2.24) is 9.97 Å². The minimum absolute atomic E-state index is 0.189. The summed E-state index contributed by atoms with van der Waals surface area (Å²) < 4.78 is 0. The molecule has 0 radical (unpaired) electrons. The molecule has 0 fully saturated rings. The van der Waals surface area contributed by atoms with Gasteiger partial charge in [-0.3, -0.25) is 9.97 Å². The predicted molar refractivity (Wildman–Crippen MR) is 271 cm³/mol. The Morgan fingerprint density at radius 2 is 0.776 bits per heavy atom. The number of para-hydroxylation sites is 4. The number of anilines is 6. The Hall–Kier alpha value is -8.34. The Morgan fingerprint density at radius 3 is 1.40 bits per heavy atom. The molecule has 0 saturated heterocycles. The molecular formula is C63H42N4. The zero-order valence-electron chi connectivity index (χ0n) is 37.1. The molecule has 0 N–H and O–H groups in total. The molecular weight excluding hydrogens is 813 g/mol. The molecule has 15 rings (SSSR count). The van der Waals surface area contributed by atoms with Crippen molar-refractivity contribution in [3.05, 3.63) is 274 Å². The van der Waals surface area contributed by atoms with Crippen LogP contribution in [0, 0.1) is 0 Å². The molecule has 4 heteroatoms. The second-order valence-electron chi connectivity index (χ2n) is 19.2. The Bertz CT molecular complexity index is 3680. The lowest BCUT2D eigenvalue weighted by molar-refractivity contribution is 0.632. The van der Waals surface area contributed by atoms with E-state index >= 15 is 0 Å². The third kappa shape index (κ3) is 4.39. The van der Waals surface area contributed by atoms with Crippen LogP contribution in [0.15, 0.2) is 219 Å². The van der Waals surface area contributed by atoms with E-state index in [4.69, 9.17) is 9.97 Å². The largest absolute Gasteiger partial charge is 0.310 e. The van der Waals surface area contributed by atoms with E-state index in [2.05, 4.69) is 236 Å². The van der Waals surface area contributed by atoms with Crippen molar-refractivity contribution in [2.45, 2.75) is 30.1 Å². The lowest BCUT2D eigenvalue weighted by atomic mass is 9.63. The molecule has 4 heterocycles. The van der Waals surface area contributed by atoms with Crippen molar-refractivity contribution in [3.8, 4) is 33.6 Å². The van der Waals surface area contributed by atoms with Gasteiger partial charge in [0, 0.05) is 22.9 Å². The van der Waals surface area contributed by atoms with Gasteiger partial charge in [-0.1, -0.05) is 166 Å². The van der Waals surface area contributed by atoms with Gasteiger partial charge in [-0.2, -0.15) is 0 Å². The van der Waals surface area contributed by atoms with Crippen LogP contribution in [0.25, 0.3) is 33.6 Å². The highest BCUT2D eigenvalue weighted by Gasteiger charge is 2.57. The molecule has 67 heavy (non-hydrogen) atoms. The molecule has 1 unspecified atom stereocenters. The van der Waals surface area contributed by atoms with Crippen molar-refractivity contribution < 1.29 is 0 Å². The molecule has 2 spiro atoms. The molecule has 314 valence electrons. The second-order valence-corrected chi connectivity index (χ2v) is 19.2. The van der Waals surface area contributed by atoms with Crippen LogP contribution in [0.5, 0.6) is 0 Å². The van der Waals surface area contributed by atoms with Gasteiger partial charge in [0.25, 0.3) is 0 Å². The van der Waals surface area contributed by atoms with E-state index in [0.29, 0.717) is 0 Å². The lowest BCUT2D eigenvalue weighted by Gasteiger charge is -2.46. The van der Waals surface area contributed by atoms with Gasteiger partial charge in [0.15, 0.2) is 0 Å². The number of hydrogen-bond donors (Lipinski definition) is 0. The summed E-state index contributed by atoms with van der Waals surface area (Å²) in [5.74, 6) is 0. The van der Waals surface area contributed by atoms with Crippen LogP contribution in [-0.2, 0) is 16.2 Å². The maximum absolute atomic E-state index is 5.53. The van der Waals surface area contributed by atoms with Crippen LogP contribution in [-0.4, -0.2) is 9.97 Å². The summed E-state index contributed by atoms with van der Waals surface area (Å²) in [5.41, 5.74) is 24.9. The average molecular weight is 855 g/mol. The first-order valence-corrected chi connectivity index (χ1v) is 23.4. The molecule has 8 aromatic carbocycles. The van der Waals surface area contributed by atoms with Gasteiger partial charge >= 0.3 is 0 Å². The molecule has 2 aromatic heterocycles. The Labute approximate surface area is 390 Å². The third-order valence-corrected chi connectivity index (χ3v) is 15.9. The first kappa shape index (κ1) is 36.9. The Morgan fingerprint density at radius 1 is 0.313 bits per heavy atom. The van der Waals surface area contributed by atoms with Gasteiger partial charge in [-0.15, -0.1) is 0 Å². The van der Waals surface area contributed by atoms with Crippen LogP contribution in [0.2, 0.25) is 0 Å². The standard InChI is InChI=1S/C63H42N4/c1-61(2)48-27-12-15-31-55(48)67(56-32-16-13-28-49(56)61)40-35-54-60(65-38-40)59-51(30-18-34-64-59)63(54)50-29-14-17-33-57(50)66(39-19-4-3-5-20-39)58-37-52-44(36-53(58)63)43-23-8-11-26-47(43)62(52)45-24-9-6-21-41(45)42-22-7-10-25-46(42)62/h3-38H,1-2H3. The van der Waals surface area contributed by atoms with Crippen LogP contribution < -0.4 is 9.80 Å². The maximum atomic E-state index is 5.53. The SMILES string of the molecule is CC1(C)c2ccccc2N(c2cnc3c(c2)C2(c4ccccc4N(c4ccccc4)c4cc5c(cc42)-c2ccccc2C52c4ccccc4-c4ccccc42)c2cccnc2-3)c2ccccc21. The van der Waals surface area contributed by atoms with Crippen LogP contribution in [0.1, 0.15) is 69.5 Å². The first-order valence-electron chi connectivity index (χ1n) is 23.4. The summed E-state index contributed by atoms with van der Waals surface area (Å²) in [6.45, 7) is 4.69. The maximum Gasteiger partial charge on any atom is 0.0939 e. The quantitative estimate of drug-likeness (QED) is 0.173. The summed E-state index contributed by atoms with van der Waals surface area (Å²) in [6.07, 6.45) is 4.01. The molecule has 0 amide bonds. The highest BCUT2D eigenvalue weighted by Crippen LogP contribution is 2.68. The molecule has 0 bridgehead atoms. The van der Waals surface area contributed by atoms with E-state index in [9.17, 15) is 0 Å². The molecule has 1 atom stereocenters. The number of rotatable bonds is 2. The lowest BCUT2D eigenvalue weighted by Crippen LogP contribution is -2.37. The van der Waals surface area contributed by atoms with E-state index in [-0.39, 0.29) is 5.41 Å². The number of benzene rings is 8.